The number of aryl methyl sites for hydroxylation is 1. The van der Waals surface area contributed by atoms with Gasteiger partial charge in [-0.05, 0) is 58.7 Å². The van der Waals surface area contributed by atoms with Crippen LogP contribution in [0.15, 0.2) is 40.9 Å². The lowest BCUT2D eigenvalue weighted by Gasteiger charge is -2.10. The molecule has 1 amide bonds. The van der Waals surface area contributed by atoms with Gasteiger partial charge in [0.1, 0.15) is 11.6 Å². The second-order valence-electron chi connectivity index (χ2n) is 4.39. The first-order chi connectivity index (χ1) is 9.95. The van der Waals surface area contributed by atoms with Crippen LogP contribution in [0.3, 0.4) is 0 Å². The fourth-order valence-electron chi connectivity index (χ4n) is 1.64. The molecule has 1 N–H and O–H groups in total. The monoisotopic (exact) mass is 371 g/mol. The lowest BCUT2D eigenvalue weighted by molar-refractivity contribution is -0.118. The molecule has 2 aromatic rings. The second-order valence-corrected chi connectivity index (χ2v) is 5.66. The van der Waals surface area contributed by atoms with Crippen molar-refractivity contribution in [2.45, 2.75) is 6.92 Å². The standard InChI is InChI=1S/C15H12BrClFNO2/c1-9-2-5-14(11(16)6-9)21-8-15(20)19-13-4-3-10(18)7-12(13)17/h2-7H,8H2,1H3,(H,19,20). The van der Waals surface area contributed by atoms with Crippen LogP contribution in [-0.4, -0.2) is 12.5 Å². The quantitative estimate of drug-likeness (QED) is 0.854. The minimum Gasteiger partial charge on any atom is -0.483 e. The lowest BCUT2D eigenvalue weighted by Crippen LogP contribution is -2.20. The summed E-state index contributed by atoms with van der Waals surface area (Å²) in [6.07, 6.45) is 0. The van der Waals surface area contributed by atoms with Gasteiger partial charge in [-0.25, -0.2) is 4.39 Å². The number of hydrogen-bond acceptors (Lipinski definition) is 2. The molecule has 0 saturated carbocycles. The third-order valence-corrected chi connectivity index (χ3v) is 3.58. The van der Waals surface area contributed by atoms with E-state index in [2.05, 4.69) is 21.2 Å². The third kappa shape index (κ3) is 4.44. The zero-order valence-electron chi connectivity index (χ0n) is 11.1. The van der Waals surface area contributed by atoms with Crippen LogP contribution in [0.1, 0.15) is 5.56 Å². The minimum absolute atomic E-state index is 0.139. The molecular formula is C15H12BrClFNO2. The maximum absolute atomic E-state index is 12.9. The topological polar surface area (TPSA) is 38.3 Å². The van der Waals surface area contributed by atoms with Crippen LogP contribution in [0.2, 0.25) is 5.02 Å². The van der Waals surface area contributed by atoms with Crippen molar-refractivity contribution in [3.05, 3.63) is 57.3 Å². The first-order valence-corrected chi connectivity index (χ1v) is 7.26. The molecule has 0 bridgehead atoms. The number of benzene rings is 2. The molecule has 0 fully saturated rings. The van der Waals surface area contributed by atoms with Gasteiger partial charge in [-0.2, -0.15) is 0 Å². The molecule has 0 spiro atoms. The molecule has 0 unspecified atom stereocenters. The number of hydrogen-bond donors (Lipinski definition) is 1. The van der Waals surface area contributed by atoms with E-state index < -0.39 is 5.82 Å². The third-order valence-electron chi connectivity index (χ3n) is 2.65. The van der Waals surface area contributed by atoms with Gasteiger partial charge in [0.05, 0.1) is 15.2 Å². The first-order valence-electron chi connectivity index (χ1n) is 6.09. The maximum Gasteiger partial charge on any atom is 0.262 e. The molecule has 0 radical (unpaired) electrons. The van der Waals surface area contributed by atoms with Crippen molar-refractivity contribution in [2.24, 2.45) is 0 Å². The van der Waals surface area contributed by atoms with E-state index in [9.17, 15) is 9.18 Å². The summed E-state index contributed by atoms with van der Waals surface area (Å²) in [4.78, 5) is 11.8. The molecular weight excluding hydrogens is 361 g/mol. The predicted molar refractivity (Wildman–Crippen MR) is 84.4 cm³/mol. The second kappa shape index (κ2) is 6.91. The van der Waals surface area contributed by atoms with Crippen molar-refractivity contribution in [3.63, 3.8) is 0 Å². The smallest absolute Gasteiger partial charge is 0.262 e. The summed E-state index contributed by atoms with van der Waals surface area (Å²) < 4.78 is 19.1. The van der Waals surface area contributed by atoms with E-state index in [4.69, 9.17) is 16.3 Å². The molecule has 2 aromatic carbocycles. The average molecular weight is 373 g/mol. The van der Waals surface area contributed by atoms with Crippen LogP contribution in [-0.2, 0) is 4.79 Å². The Balaban J connectivity index is 1.96. The summed E-state index contributed by atoms with van der Waals surface area (Å²) in [5, 5.41) is 2.70. The highest BCUT2D eigenvalue weighted by Gasteiger charge is 2.09. The molecule has 0 heterocycles. The molecule has 6 heteroatoms. The van der Waals surface area contributed by atoms with Crippen LogP contribution < -0.4 is 10.1 Å². The number of anilines is 1. The van der Waals surface area contributed by atoms with Crippen LogP contribution >= 0.6 is 27.5 Å². The first kappa shape index (κ1) is 15.8. The largest absolute Gasteiger partial charge is 0.483 e. The van der Waals surface area contributed by atoms with Gasteiger partial charge in [-0.1, -0.05) is 17.7 Å². The summed E-state index contributed by atoms with van der Waals surface area (Å²) in [6, 6.07) is 9.31. The molecule has 0 aliphatic carbocycles. The lowest BCUT2D eigenvalue weighted by atomic mass is 10.2. The van der Waals surface area contributed by atoms with Gasteiger partial charge < -0.3 is 10.1 Å². The van der Waals surface area contributed by atoms with Gasteiger partial charge in [0.2, 0.25) is 0 Å². The SMILES string of the molecule is Cc1ccc(OCC(=O)Nc2ccc(F)cc2Cl)c(Br)c1. The van der Waals surface area contributed by atoms with Crippen molar-refractivity contribution in [1.29, 1.82) is 0 Å². The maximum atomic E-state index is 12.9. The van der Waals surface area contributed by atoms with Gasteiger partial charge in [0, 0.05) is 0 Å². The van der Waals surface area contributed by atoms with E-state index in [1.807, 2.05) is 19.1 Å². The Labute approximate surface area is 135 Å². The van der Waals surface area contributed by atoms with E-state index in [0.717, 1.165) is 16.1 Å². The van der Waals surface area contributed by atoms with Crippen molar-refractivity contribution >= 4 is 39.1 Å². The molecule has 0 aromatic heterocycles. The van der Waals surface area contributed by atoms with Crippen molar-refractivity contribution in [2.75, 3.05) is 11.9 Å². The van der Waals surface area contributed by atoms with E-state index in [1.54, 1.807) is 6.07 Å². The van der Waals surface area contributed by atoms with Crippen LogP contribution in [0.25, 0.3) is 0 Å². The predicted octanol–water partition coefficient (Wildman–Crippen LogP) is 4.57. The molecule has 21 heavy (non-hydrogen) atoms. The van der Waals surface area contributed by atoms with Crippen LogP contribution in [0.5, 0.6) is 5.75 Å². The molecule has 3 nitrogen and oxygen atoms in total. The minimum atomic E-state index is -0.460. The van der Waals surface area contributed by atoms with E-state index >= 15 is 0 Å². The molecule has 0 aliphatic heterocycles. The molecule has 2 rings (SSSR count). The van der Waals surface area contributed by atoms with Crippen molar-refractivity contribution in [3.8, 4) is 5.75 Å². The van der Waals surface area contributed by atoms with Gasteiger partial charge in [0.25, 0.3) is 5.91 Å². The number of rotatable bonds is 4. The Morgan fingerprint density at radius 3 is 2.76 bits per heavy atom. The Hall–Kier alpha value is -1.59. The number of amides is 1. The summed E-state index contributed by atoms with van der Waals surface area (Å²) in [5.74, 6) is -0.269. The highest BCUT2D eigenvalue weighted by atomic mass is 79.9. The number of carbonyl (C=O) groups excluding carboxylic acids is 1. The summed E-state index contributed by atoms with van der Waals surface area (Å²) in [5.41, 5.74) is 1.42. The van der Waals surface area contributed by atoms with E-state index in [0.29, 0.717) is 11.4 Å². The Bertz CT molecular complexity index is 679. The average Bonchev–Trinajstić information content (AvgIpc) is 2.41. The van der Waals surface area contributed by atoms with Gasteiger partial charge in [-0.3, -0.25) is 4.79 Å². The van der Waals surface area contributed by atoms with Crippen LogP contribution in [0, 0.1) is 12.7 Å². The van der Waals surface area contributed by atoms with Gasteiger partial charge in [-0.15, -0.1) is 0 Å². The summed E-state index contributed by atoms with van der Waals surface area (Å²) >= 11 is 9.19. The fraction of sp³-hybridized carbons (Fsp3) is 0.133. The molecule has 0 aliphatic rings. The molecule has 0 atom stereocenters. The Morgan fingerprint density at radius 2 is 2.10 bits per heavy atom. The van der Waals surface area contributed by atoms with E-state index in [1.165, 1.54) is 12.1 Å². The Morgan fingerprint density at radius 1 is 1.33 bits per heavy atom. The number of carbonyl (C=O) groups is 1. The van der Waals surface area contributed by atoms with E-state index in [-0.39, 0.29) is 17.5 Å². The zero-order valence-corrected chi connectivity index (χ0v) is 13.5. The zero-order chi connectivity index (χ0) is 15.4. The van der Waals surface area contributed by atoms with Crippen molar-refractivity contribution < 1.29 is 13.9 Å². The highest BCUT2D eigenvalue weighted by molar-refractivity contribution is 9.10. The van der Waals surface area contributed by atoms with Gasteiger partial charge >= 0.3 is 0 Å². The number of halogens is 3. The molecule has 0 saturated heterocycles. The summed E-state index contributed by atoms with van der Waals surface area (Å²) in [7, 11) is 0. The van der Waals surface area contributed by atoms with Gasteiger partial charge in [0.15, 0.2) is 6.61 Å². The highest BCUT2D eigenvalue weighted by Crippen LogP contribution is 2.26. The number of ether oxygens (including phenoxy) is 1. The molecule has 110 valence electrons. The normalized spacial score (nSPS) is 10.3. The van der Waals surface area contributed by atoms with Crippen molar-refractivity contribution in [1.82, 2.24) is 0 Å². The fourth-order valence-corrected chi connectivity index (χ4v) is 2.47. The van der Waals surface area contributed by atoms with Crippen LogP contribution in [0.4, 0.5) is 10.1 Å². The Kier molecular flexibility index (Phi) is 5.20. The number of nitrogens with one attached hydrogen (secondary N) is 1. The summed E-state index contributed by atoms with van der Waals surface area (Å²) in [6.45, 7) is 1.78.